The van der Waals surface area contributed by atoms with Crippen molar-refractivity contribution in [3.05, 3.63) is 16.7 Å². The Hall–Kier alpha value is -1.56. The molecule has 0 saturated carbocycles. The summed E-state index contributed by atoms with van der Waals surface area (Å²) < 4.78 is 0. The zero-order chi connectivity index (χ0) is 8.55. The molecule has 70 valence electrons. The Morgan fingerprint density at radius 3 is 3.00 bits per heavy atom. The molecule has 0 spiro atoms. The molecule has 0 fully saturated rings. The van der Waals surface area contributed by atoms with Crippen LogP contribution in [-0.4, -0.2) is 22.5 Å². The van der Waals surface area contributed by atoms with Gasteiger partial charge in [0.1, 0.15) is 12.0 Å². The van der Waals surface area contributed by atoms with Crippen LogP contribution in [0.15, 0.2) is 4.99 Å². The molecule has 6 nitrogen and oxygen atoms in total. The topological polar surface area (TPSA) is 96.2 Å². The standard InChI is InChI=1S/C6H7N5O.ClH/c7-4(12)6-10-3-1-8-2-9-5(3)11-6;/h1,8H,2H2,(H2,7,12)(H,9,10,11);1H. The maximum absolute atomic E-state index is 10.7. The molecule has 0 atom stereocenters. The number of H-pyrrole nitrogens is 1. The van der Waals surface area contributed by atoms with E-state index in [1.54, 1.807) is 6.20 Å². The maximum atomic E-state index is 10.7. The van der Waals surface area contributed by atoms with Gasteiger partial charge in [0.2, 0.25) is 0 Å². The van der Waals surface area contributed by atoms with E-state index in [-0.39, 0.29) is 18.2 Å². The van der Waals surface area contributed by atoms with Gasteiger partial charge >= 0.3 is 0 Å². The Bertz CT molecular complexity index is 403. The average Bonchev–Trinajstić information content (AvgIpc) is 2.46. The van der Waals surface area contributed by atoms with E-state index in [1.165, 1.54) is 0 Å². The summed E-state index contributed by atoms with van der Waals surface area (Å²) in [6.07, 6.45) is 1.69. The molecular formula is C6H8ClN5O. The summed E-state index contributed by atoms with van der Waals surface area (Å²) in [6.45, 7) is 0.493. The number of rotatable bonds is 1. The molecule has 2 heterocycles. The number of imidazole rings is 1. The second-order valence-electron chi connectivity index (χ2n) is 2.35. The number of halogens is 1. The summed E-state index contributed by atoms with van der Waals surface area (Å²) in [5.41, 5.74) is 5.62. The lowest BCUT2D eigenvalue weighted by Crippen LogP contribution is -2.33. The molecule has 1 aromatic rings. The van der Waals surface area contributed by atoms with Crippen LogP contribution in [0.2, 0.25) is 0 Å². The van der Waals surface area contributed by atoms with Gasteiger partial charge in [0, 0.05) is 6.20 Å². The number of hydrogen-bond donors (Lipinski definition) is 3. The van der Waals surface area contributed by atoms with Crippen LogP contribution in [0.1, 0.15) is 10.6 Å². The third-order valence-corrected chi connectivity index (χ3v) is 1.51. The first-order valence-electron chi connectivity index (χ1n) is 3.41. The monoisotopic (exact) mass is 201 g/mol. The fourth-order valence-electron chi connectivity index (χ4n) is 0.982. The number of carbonyl (C=O) groups excluding carboxylic acids is 1. The van der Waals surface area contributed by atoms with Gasteiger partial charge in [-0.05, 0) is 0 Å². The highest BCUT2D eigenvalue weighted by atomic mass is 35.5. The molecule has 0 unspecified atom stereocenters. The number of nitrogens with zero attached hydrogens (tertiary/aromatic N) is 2. The first kappa shape index (κ1) is 9.53. The molecule has 1 aliphatic heterocycles. The highest BCUT2D eigenvalue weighted by Crippen LogP contribution is 1.77. The van der Waals surface area contributed by atoms with Crippen molar-refractivity contribution in [3.63, 3.8) is 0 Å². The van der Waals surface area contributed by atoms with Crippen LogP contribution < -0.4 is 21.9 Å². The fraction of sp³-hybridized carbons (Fsp3) is 0.167. The number of nitrogens with one attached hydrogen (secondary N) is 2. The second kappa shape index (κ2) is 3.44. The van der Waals surface area contributed by atoms with E-state index < -0.39 is 5.91 Å². The lowest BCUT2D eigenvalue weighted by atomic mass is 10.6. The molecule has 1 amide bonds. The summed E-state index contributed by atoms with van der Waals surface area (Å²) in [5, 5.41) is 3.49. The van der Waals surface area contributed by atoms with Crippen LogP contribution in [0.5, 0.6) is 0 Å². The lowest BCUT2D eigenvalue weighted by Gasteiger charge is -1.94. The third kappa shape index (κ3) is 1.62. The summed E-state index contributed by atoms with van der Waals surface area (Å²) in [5.74, 6) is -0.434. The highest BCUT2D eigenvalue weighted by molar-refractivity contribution is 5.88. The van der Waals surface area contributed by atoms with E-state index >= 15 is 0 Å². The molecule has 1 aliphatic rings. The van der Waals surface area contributed by atoms with Crippen molar-refractivity contribution in [2.45, 2.75) is 0 Å². The molecule has 2 rings (SSSR count). The van der Waals surface area contributed by atoms with Crippen molar-refractivity contribution < 1.29 is 4.79 Å². The van der Waals surface area contributed by atoms with Crippen LogP contribution in [0, 0.1) is 0 Å². The molecule has 0 saturated heterocycles. The molecule has 0 aliphatic carbocycles. The van der Waals surface area contributed by atoms with Gasteiger partial charge in [-0.2, -0.15) is 0 Å². The largest absolute Gasteiger partial charge is 0.370 e. The number of carbonyl (C=O) groups is 1. The van der Waals surface area contributed by atoms with E-state index in [4.69, 9.17) is 5.73 Å². The molecule has 13 heavy (non-hydrogen) atoms. The SMILES string of the molecule is Cl.NC(=O)c1nc2c([nH]1)=NCNC=2. The minimum Gasteiger partial charge on any atom is -0.370 e. The number of primary amides is 1. The smallest absolute Gasteiger partial charge is 0.284 e. The Kier molecular flexibility index (Phi) is 2.52. The van der Waals surface area contributed by atoms with Crippen molar-refractivity contribution in [2.75, 3.05) is 6.67 Å². The molecule has 0 aromatic carbocycles. The zero-order valence-electron chi connectivity index (χ0n) is 6.57. The number of aromatic amines is 1. The van der Waals surface area contributed by atoms with Crippen molar-refractivity contribution in [2.24, 2.45) is 10.7 Å². The third-order valence-electron chi connectivity index (χ3n) is 1.51. The minimum absolute atomic E-state index is 0. The van der Waals surface area contributed by atoms with Gasteiger partial charge in [0.05, 0.1) is 0 Å². The summed E-state index contributed by atoms with van der Waals surface area (Å²) in [4.78, 5) is 21.3. The van der Waals surface area contributed by atoms with E-state index in [9.17, 15) is 4.79 Å². The Morgan fingerprint density at radius 2 is 2.38 bits per heavy atom. The first-order valence-corrected chi connectivity index (χ1v) is 3.41. The van der Waals surface area contributed by atoms with Gasteiger partial charge in [-0.3, -0.25) is 4.79 Å². The molecule has 0 radical (unpaired) electrons. The van der Waals surface area contributed by atoms with E-state index in [0.717, 1.165) is 0 Å². The van der Waals surface area contributed by atoms with E-state index in [0.29, 0.717) is 17.5 Å². The number of hydrogen-bond acceptors (Lipinski definition) is 4. The van der Waals surface area contributed by atoms with Gasteiger partial charge < -0.3 is 16.0 Å². The predicted molar refractivity (Wildman–Crippen MR) is 47.6 cm³/mol. The van der Waals surface area contributed by atoms with Gasteiger partial charge in [0.15, 0.2) is 11.3 Å². The van der Waals surface area contributed by atoms with Crippen LogP contribution in [0.4, 0.5) is 0 Å². The predicted octanol–water partition coefficient (Wildman–Crippen LogP) is -2.15. The molecule has 1 aromatic heterocycles. The Morgan fingerprint density at radius 1 is 1.62 bits per heavy atom. The van der Waals surface area contributed by atoms with Crippen LogP contribution in [-0.2, 0) is 0 Å². The molecule has 0 bridgehead atoms. The van der Waals surface area contributed by atoms with Crippen molar-refractivity contribution in [1.82, 2.24) is 15.3 Å². The number of aromatic nitrogens is 2. The maximum Gasteiger partial charge on any atom is 0.284 e. The zero-order valence-corrected chi connectivity index (χ0v) is 7.39. The molecule has 4 N–H and O–H groups in total. The Balaban J connectivity index is 0.000000845. The average molecular weight is 202 g/mol. The summed E-state index contributed by atoms with van der Waals surface area (Å²) >= 11 is 0. The Labute approximate surface area is 79.4 Å². The van der Waals surface area contributed by atoms with Crippen molar-refractivity contribution in [3.8, 4) is 0 Å². The van der Waals surface area contributed by atoms with Crippen LogP contribution >= 0.6 is 12.4 Å². The minimum atomic E-state index is -0.576. The normalized spacial score (nSPS) is 12.6. The van der Waals surface area contributed by atoms with Gasteiger partial charge in [-0.1, -0.05) is 0 Å². The van der Waals surface area contributed by atoms with Gasteiger partial charge in [0.25, 0.3) is 5.91 Å². The summed E-state index contributed by atoms with van der Waals surface area (Å²) in [6, 6.07) is 0. The quantitative estimate of drug-likeness (QED) is 0.483. The van der Waals surface area contributed by atoms with E-state index in [1.807, 2.05) is 0 Å². The van der Waals surface area contributed by atoms with Crippen LogP contribution in [0.25, 0.3) is 6.20 Å². The van der Waals surface area contributed by atoms with Gasteiger partial charge in [-0.25, -0.2) is 9.98 Å². The van der Waals surface area contributed by atoms with Crippen LogP contribution in [0.3, 0.4) is 0 Å². The lowest BCUT2D eigenvalue weighted by molar-refractivity contribution is 0.0991. The highest BCUT2D eigenvalue weighted by Gasteiger charge is 2.06. The summed E-state index contributed by atoms with van der Waals surface area (Å²) in [7, 11) is 0. The number of fused-ring (bicyclic) bond motifs is 1. The van der Waals surface area contributed by atoms with Gasteiger partial charge in [-0.15, -0.1) is 12.4 Å². The van der Waals surface area contributed by atoms with E-state index in [2.05, 4.69) is 20.3 Å². The number of amides is 1. The molecular weight excluding hydrogens is 194 g/mol. The molecule has 7 heteroatoms. The van der Waals surface area contributed by atoms with Crippen molar-refractivity contribution in [1.29, 1.82) is 0 Å². The van der Waals surface area contributed by atoms with Crippen molar-refractivity contribution >= 4 is 24.5 Å². The number of nitrogens with two attached hydrogens (primary N) is 1. The fourth-order valence-corrected chi connectivity index (χ4v) is 0.982. The second-order valence-corrected chi connectivity index (χ2v) is 2.35. The first-order chi connectivity index (χ1) is 5.77.